The van der Waals surface area contributed by atoms with Crippen molar-refractivity contribution in [1.29, 1.82) is 0 Å². The first-order valence-electron chi connectivity index (χ1n) is 7.65. The fourth-order valence-electron chi connectivity index (χ4n) is 2.48. The number of nitrogens with zero attached hydrogens (tertiary/aromatic N) is 1. The Morgan fingerprint density at radius 1 is 1.38 bits per heavy atom. The quantitative estimate of drug-likeness (QED) is 0.331. The molecule has 0 aliphatic carbocycles. The minimum atomic E-state index is -4.45. The number of rotatable bonds is 7. The molecule has 4 atom stereocenters. The van der Waals surface area contributed by atoms with Crippen LogP contribution in [0.25, 0.3) is 0 Å². The maximum atomic E-state index is 12.1. The van der Waals surface area contributed by atoms with Gasteiger partial charge in [0, 0.05) is 24.7 Å². The van der Waals surface area contributed by atoms with Gasteiger partial charge in [0.15, 0.2) is 6.23 Å². The van der Waals surface area contributed by atoms with Gasteiger partial charge in [-0.3, -0.25) is 18.9 Å². The Kier molecular flexibility index (Phi) is 6.69. The zero-order chi connectivity index (χ0) is 19.5. The number of nitrogens with one attached hydrogen (secondary N) is 1. The highest BCUT2D eigenvalue weighted by atomic mass is 31.2. The molecule has 4 N–H and O–H groups in total. The molecule has 1 aromatic heterocycles. The van der Waals surface area contributed by atoms with Crippen LogP contribution in [0.15, 0.2) is 27.7 Å². The molecule has 0 saturated carbocycles. The molecule has 1 fully saturated rings. The molecule has 146 valence electrons. The summed E-state index contributed by atoms with van der Waals surface area (Å²) in [7, 11) is -2.99. The van der Waals surface area contributed by atoms with E-state index in [9.17, 15) is 19.3 Å². The molecule has 11 nitrogen and oxygen atoms in total. The summed E-state index contributed by atoms with van der Waals surface area (Å²) in [5, 5.41) is 10.4. The predicted molar refractivity (Wildman–Crippen MR) is 88.8 cm³/mol. The number of aromatic nitrogens is 2. The van der Waals surface area contributed by atoms with Crippen molar-refractivity contribution in [3.05, 3.63) is 44.5 Å². The molecule has 0 radical (unpaired) electrons. The van der Waals surface area contributed by atoms with Crippen LogP contribution in [-0.2, 0) is 18.8 Å². The predicted octanol–water partition coefficient (Wildman–Crippen LogP) is -1.17. The van der Waals surface area contributed by atoms with Gasteiger partial charge >= 0.3 is 13.3 Å². The van der Waals surface area contributed by atoms with E-state index in [1.807, 2.05) is 0 Å². The summed E-state index contributed by atoms with van der Waals surface area (Å²) in [6, 6.07) is 0. The first-order chi connectivity index (χ1) is 12.1. The minimum absolute atomic E-state index is 0.0874. The summed E-state index contributed by atoms with van der Waals surface area (Å²) in [5.41, 5.74) is -1.08. The third-order valence-corrected chi connectivity index (χ3v) is 4.30. The summed E-state index contributed by atoms with van der Waals surface area (Å²) in [4.78, 5) is 43.7. The molecule has 26 heavy (non-hydrogen) atoms. The van der Waals surface area contributed by atoms with E-state index in [0.717, 1.165) is 10.6 Å². The molecule has 0 amide bonds. The van der Waals surface area contributed by atoms with Crippen LogP contribution >= 0.6 is 7.60 Å². The average molecular weight is 392 g/mol. The zero-order valence-electron chi connectivity index (χ0n) is 14.1. The monoisotopic (exact) mass is 392 g/mol. The first-order valence-corrected chi connectivity index (χ1v) is 9.33. The summed E-state index contributed by atoms with van der Waals surface area (Å²) >= 11 is 0. The van der Waals surface area contributed by atoms with E-state index in [1.165, 1.54) is 20.2 Å². The molecule has 2 rings (SSSR count). The third-order valence-electron chi connectivity index (χ3n) is 3.74. The number of hydrogen-bond acceptors (Lipinski definition) is 7. The lowest BCUT2D eigenvalue weighted by Crippen LogP contribution is -2.40. The number of aliphatic hydroxyl groups excluding tert-OH is 1. The van der Waals surface area contributed by atoms with Crippen molar-refractivity contribution >= 4 is 7.60 Å². The number of methoxy groups -OCH3 is 1. The van der Waals surface area contributed by atoms with Crippen molar-refractivity contribution in [2.45, 2.75) is 31.5 Å². The highest BCUT2D eigenvalue weighted by Crippen LogP contribution is 2.38. The smallest absolute Gasteiger partial charge is 0.348 e. The van der Waals surface area contributed by atoms with E-state index in [2.05, 4.69) is 4.98 Å². The molecule has 0 unspecified atom stereocenters. The summed E-state index contributed by atoms with van der Waals surface area (Å²) < 4.78 is 28.0. The molecule has 1 saturated heterocycles. The highest BCUT2D eigenvalue weighted by Gasteiger charge is 2.45. The summed E-state index contributed by atoms with van der Waals surface area (Å²) in [6.45, 7) is 1.80. The van der Waals surface area contributed by atoms with Crippen LogP contribution in [0.1, 0.15) is 11.8 Å². The molecule has 1 aliphatic rings. The van der Waals surface area contributed by atoms with Gasteiger partial charge in [-0.25, -0.2) is 4.79 Å². The van der Waals surface area contributed by atoms with E-state index in [1.54, 1.807) is 0 Å². The molecule has 0 spiro atoms. The lowest BCUT2D eigenvalue weighted by atomic mass is 10.1. The normalized spacial score (nSPS) is 26.7. The van der Waals surface area contributed by atoms with Crippen LogP contribution in [0.3, 0.4) is 0 Å². The SMILES string of the molecule is COCCO[C@@H]1[C@H](O)[C@@H](/C=C/P(=O)(O)O)O[C@H]1n1cc(C)c(=O)[nH]c1=O. The van der Waals surface area contributed by atoms with E-state index in [0.29, 0.717) is 5.82 Å². The average Bonchev–Trinajstić information content (AvgIpc) is 2.85. The molecule has 0 aromatic carbocycles. The van der Waals surface area contributed by atoms with Crippen molar-refractivity contribution in [3.63, 3.8) is 0 Å². The second kappa shape index (κ2) is 8.40. The van der Waals surface area contributed by atoms with Crippen molar-refractivity contribution < 1.29 is 33.7 Å². The number of hydrogen-bond donors (Lipinski definition) is 4. The van der Waals surface area contributed by atoms with E-state index in [4.69, 9.17) is 24.0 Å². The van der Waals surface area contributed by atoms with Gasteiger partial charge in [0.1, 0.15) is 18.3 Å². The Hall–Kier alpha value is -1.59. The fraction of sp³-hybridized carbons (Fsp3) is 0.571. The molecule has 12 heteroatoms. The van der Waals surface area contributed by atoms with Gasteiger partial charge in [-0.2, -0.15) is 0 Å². The number of ether oxygens (including phenoxy) is 3. The van der Waals surface area contributed by atoms with E-state index >= 15 is 0 Å². The third kappa shape index (κ3) is 4.98. The largest absolute Gasteiger partial charge is 0.387 e. The van der Waals surface area contributed by atoms with Gasteiger partial charge in [-0.15, -0.1) is 0 Å². The van der Waals surface area contributed by atoms with Gasteiger partial charge in [-0.1, -0.05) is 0 Å². The molecular weight excluding hydrogens is 371 g/mol. The van der Waals surface area contributed by atoms with Crippen molar-refractivity contribution in [1.82, 2.24) is 9.55 Å². The maximum Gasteiger partial charge on any atom is 0.348 e. The standard InChI is InChI=1S/C14H21N2O9P/c1-8-7-16(14(19)15-12(8)18)13-11(24-5-4-23-2)10(17)9(25-13)3-6-26(20,21)22/h3,6-7,9-11,13,17H,4-5H2,1-2H3,(H,15,18,19)(H2,20,21,22)/b6-3+/t9-,10-,11-,13-/m1/s1. The topological polar surface area (TPSA) is 160 Å². The summed E-state index contributed by atoms with van der Waals surface area (Å²) in [5.74, 6) is 0.608. The molecule has 2 heterocycles. The Morgan fingerprint density at radius 3 is 2.69 bits per heavy atom. The van der Waals surface area contributed by atoms with Gasteiger partial charge in [-0.05, 0) is 13.0 Å². The number of aryl methyl sites for hydroxylation is 1. The van der Waals surface area contributed by atoms with Crippen LogP contribution in [-0.4, -0.2) is 63.1 Å². The highest BCUT2D eigenvalue weighted by molar-refractivity contribution is 7.55. The van der Waals surface area contributed by atoms with Crippen molar-refractivity contribution in [3.8, 4) is 0 Å². The Balaban J connectivity index is 2.36. The Morgan fingerprint density at radius 2 is 2.08 bits per heavy atom. The van der Waals surface area contributed by atoms with Gasteiger partial charge < -0.3 is 29.1 Å². The van der Waals surface area contributed by atoms with Crippen molar-refractivity contribution in [2.24, 2.45) is 0 Å². The fourth-order valence-corrected chi connectivity index (χ4v) is 2.87. The van der Waals surface area contributed by atoms with E-state index < -0.39 is 43.4 Å². The maximum absolute atomic E-state index is 12.1. The van der Waals surface area contributed by atoms with Gasteiger partial charge in [0.05, 0.1) is 13.2 Å². The van der Waals surface area contributed by atoms with E-state index in [-0.39, 0.29) is 18.8 Å². The number of aliphatic hydroxyl groups is 1. The lowest BCUT2D eigenvalue weighted by Gasteiger charge is -2.22. The van der Waals surface area contributed by atoms with Crippen LogP contribution in [0, 0.1) is 6.92 Å². The summed E-state index contributed by atoms with van der Waals surface area (Å²) in [6.07, 6.45) is -2.30. The second-order valence-corrected chi connectivity index (χ2v) is 7.20. The lowest BCUT2D eigenvalue weighted by molar-refractivity contribution is -0.0783. The molecular formula is C14H21N2O9P. The van der Waals surface area contributed by atoms with Crippen LogP contribution in [0.2, 0.25) is 0 Å². The second-order valence-electron chi connectivity index (χ2n) is 5.72. The van der Waals surface area contributed by atoms with Crippen LogP contribution < -0.4 is 11.2 Å². The zero-order valence-corrected chi connectivity index (χ0v) is 15.0. The van der Waals surface area contributed by atoms with Crippen LogP contribution in [0.4, 0.5) is 0 Å². The Bertz CT molecular complexity index is 811. The Labute approximate surface area is 148 Å². The van der Waals surface area contributed by atoms with Gasteiger partial charge in [0.2, 0.25) is 0 Å². The van der Waals surface area contributed by atoms with Crippen molar-refractivity contribution in [2.75, 3.05) is 20.3 Å². The minimum Gasteiger partial charge on any atom is -0.387 e. The molecule has 0 bridgehead atoms. The molecule has 1 aliphatic heterocycles. The molecule has 1 aromatic rings. The first kappa shape index (κ1) is 20.7. The van der Waals surface area contributed by atoms with Gasteiger partial charge in [0.25, 0.3) is 5.56 Å². The number of aromatic amines is 1. The number of H-pyrrole nitrogens is 1. The van der Waals surface area contributed by atoms with Crippen LogP contribution in [0.5, 0.6) is 0 Å².